The third kappa shape index (κ3) is 13.0. The Labute approximate surface area is 523 Å². The molecule has 1 fully saturated rings. The maximum atomic E-state index is 14.4. The molecule has 0 spiro atoms. The fraction of sp³-hybridized carbons (Fsp3) is 0.645. The summed E-state index contributed by atoms with van der Waals surface area (Å²) in [4.78, 5) is 131. The number of carbonyl (C=O) groups is 7. The first-order valence-corrected chi connectivity index (χ1v) is 32.1. The number of aliphatic hydroxyl groups excluding tert-OH is 2. The number of aryl methyl sites for hydroxylation is 2. The number of imidazole rings is 1. The van der Waals surface area contributed by atoms with E-state index in [-0.39, 0.29) is 83.6 Å². The Balaban J connectivity index is 1.19. The zero-order valence-electron chi connectivity index (χ0n) is 53.3. The first kappa shape index (κ1) is 69.0. The molecule has 90 heavy (non-hydrogen) atoms. The molecule has 492 valence electrons. The second-order valence-electron chi connectivity index (χ2n) is 27.2. The number of phosphoric ester groups is 1. The van der Waals surface area contributed by atoms with E-state index in [0.29, 0.717) is 56.4 Å². The zero-order valence-corrected chi connectivity index (χ0v) is 54.2. The fourth-order valence-corrected chi connectivity index (χ4v) is 16.7. The molecule has 2 aromatic rings. The number of aliphatic imine (C=N–C) groups is 4. The largest absolute Gasteiger partial charge is 0.472 e. The molecule has 0 aliphatic carbocycles. The number of benzene rings is 1. The van der Waals surface area contributed by atoms with Gasteiger partial charge in [-0.3, -0.25) is 62.6 Å². The highest BCUT2D eigenvalue weighted by atomic mass is 31.2. The Morgan fingerprint density at radius 2 is 1.39 bits per heavy atom. The molecule has 15 atom stereocenters. The van der Waals surface area contributed by atoms with Crippen molar-refractivity contribution in [2.45, 2.75) is 195 Å². The fourth-order valence-electron chi connectivity index (χ4n) is 15.6. The van der Waals surface area contributed by atoms with Crippen LogP contribution < -0.4 is 39.7 Å². The van der Waals surface area contributed by atoms with Crippen LogP contribution >= 0.6 is 7.82 Å². The molecule has 6 aliphatic heterocycles. The normalized spacial score (nSPS) is 32.1. The number of primary amides is 6. The van der Waals surface area contributed by atoms with Crippen LogP contribution in [0.3, 0.4) is 0 Å². The lowest BCUT2D eigenvalue weighted by atomic mass is 9.55. The van der Waals surface area contributed by atoms with Crippen LogP contribution in [0.25, 0.3) is 11.0 Å². The van der Waals surface area contributed by atoms with Gasteiger partial charge in [0.05, 0.1) is 47.3 Å². The van der Waals surface area contributed by atoms with E-state index in [1.807, 2.05) is 74.4 Å². The predicted molar refractivity (Wildman–Crippen MR) is 334 cm³/mol. The summed E-state index contributed by atoms with van der Waals surface area (Å²) < 4.78 is 32.3. The van der Waals surface area contributed by atoms with Crippen molar-refractivity contribution in [2.24, 2.45) is 99.7 Å². The minimum Gasteiger partial charge on any atom is -0.394 e. The average molecular weight is 1270 g/mol. The number of nitrogens with two attached hydrogens (primary N) is 6. The van der Waals surface area contributed by atoms with Gasteiger partial charge in [-0.2, -0.15) is 0 Å². The number of rotatable bonds is 26. The Bertz CT molecular complexity index is 3540. The minimum absolute atomic E-state index is 0.00859. The number of phosphoric acid groups is 1. The summed E-state index contributed by atoms with van der Waals surface area (Å²) in [5.41, 5.74) is 37.3. The van der Waals surface area contributed by atoms with Gasteiger partial charge in [0.25, 0.3) is 0 Å². The predicted octanol–water partition coefficient (Wildman–Crippen LogP) is 3.52. The van der Waals surface area contributed by atoms with Crippen LogP contribution in [0, 0.1) is 59.2 Å². The van der Waals surface area contributed by atoms with Gasteiger partial charge in [-0.1, -0.05) is 34.6 Å². The molecular formula is C62H90N13O14P. The topological polar surface area (TPSA) is 460 Å². The number of amides is 7. The zero-order chi connectivity index (χ0) is 66.7. The van der Waals surface area contributed by atoms with E-state index in [4.69, 9.17) is 68.2 Å². The van der Waals surface area contributed by atoms with E-state index in [1.54, 1.807) is 11.5 Å². The van der Waals surface area contributed by atoms with Gasteiger partial charge in [0, 0.05) is 132 Å². The average Bonchev–Trinajstić information content (AvgIpc) is 1.53. The quantitative estimate of drug-likeness (QED) is 0.0603. The molecule has 1 aromatic heterocycles. The van der Waals surface area contributed by atoms with Gasteiger partial charge in [0.15, 0.2) is 6.23 Å². The van der Waals surface area contributed by atoms with Crippen molar-refractivity contribution in [3.8, 4) is 0 Å². The van der Waals surface area contributed by atoms with Crippen LogP contribution in [0.5, 0.6) is 0 Å². The molecule has 7 amide bonds. The van der Waals surface area contributed by atoms with Gasteiger partial charge in [0.1, 0.15) is 18.3 Å². The molecule has 8 rings (SSSR count). The summed E-state index contributed by atoms with van der Waals surface area (Å²) in [5, 5.41) is 24.6. The number of aliphatic hydroxyl groups is 2. The van der Waals surface area contributed by atoms with E-state index >= 15 is 0 Å². The molecule has 0 radical (unpaired) electrons. The number of hydrogen-bond acceptors (Lipinski definition) is 18. The van der Waals surface area contributed by atoms with Gasteiger partial charge in [0.2, 0.25) is 41.4 Å². The van der Waals surface area contributed by atoms with Crippen molar-refractivity contribution in [3.63, 3.8) is 0 Å². The number of nitrogens with one attached hydrogen (secondary N) is 1. The van der Waals surface area contributed by atoms with Gasteiger partial charge >= 0.3 is 7.82 Å². The lowest BCUT2D eigenvalue weighted by Crippen LogP contribution is -2.56. The number of nitrogens with zero attached hydrogens (tertiary/aromatic N) is 6. The number of fused-ring (bicyclic) bond motifs is 6. The summed E-state index contributed by atoms with van der Waals surface area (Å²) >= 11 is 0. The summed E-state index contributed by atoms with van der Waals surface area (Å²) in [6.45, 7) is 19.3. The molecule has 1 aromatic carbocycles. The van der Waals surface area contributed by atoms with Crippen molar-refractivity contribution in [3.05, 3.63) is 52.1 Å². The highest BCUT2D eigenvalue weighted by Crippen LogP contribution is 2.63. The number of ether oxygens (including phenoxy) is 1. The Hall–Kier alpha value is -6.87. The molecule has 27 nitrogen and oxygen atoms in total. The summed E-state index contributed by atoms with van der Waals surface area (Å²) in [6, 6.07) is 2.69. The number of aromatic nitrogens is 2. The van der Waals surface area contributed by atoms with Crippen LogP contribution in [0.1, 0.15) is 157 Å². The molecule has 28 heteroatoms. The second kappa shape index (κ2) is 25.7. The Kier molecular flexibility index (Phi) is 19.7. The Morgan fingerprint density at radius 3 is 1.98 bits per heavy atom. The van der Waals surface area contributed by atoms with Crippen molar-refractivity contribution >= 4 is 83.1 Å². The lowest BCUT2D eigenvalue weighted by molar-refractivity contribution is -0.124. The Morgan fingerprint density at radius 1 is 0.789 bits per heavy atom. The maximum Gasteiger partial charge on any atom is 0.472 e. The monoisotopic (exact) mass is 1270 g/mol. The first-order chi connectivity index (χ1) is 41.8. The number of hydrogen-bond donors (Lipinski definition) is 10. The molecule has 7 heterocycles. The standard InChI is InChI=1S/C62H90N13O14P/c1-29-20-39-40(21-30(29)2)75(28-70-39)57-52(84)53(41(27-76)87-57)89-90(85,86)88-31(3)26-69-49(83)18-19-59(8)37(22-46(66)80)56-62(11)61(10,25-48(68)82)36(14-17-45(65)79)51(74-62)33(5)55-60(9,24-47(67)81)34(12-15-43(63)77)38(71-55)23-42-58(6,7)35(13-16-44(64)78)50(72-42)32(4)54(59)73-56/h20-21,28,31,34-37,41,52-53,56-57,76,84H,12-19,22-27H2,1-11H3,(H2,63,77)(H2,64,78)(H2,65,79)(H2,66,80)(H2,67,81)(H2,68,82)(H,69,83)(H,85,86)/t31-,34-,35-,36-,37+,41+,52-,53+,56-,57+,59-,60+,61+,62+/m1/s1. The minimum atomic E-state index is -5.07. The van der Waals surface area contributed by atoms with Crippen LogP contribution in [0.4, 0.5) is 0 Å². The van der Waals surface area contributed by atoms with Crippen LogP contribution in [-0.4, -0.2) is 138 Å². The highest BCUT2D eigenvalue weighted by Gasteiger charge is 2.66. The van der Waals surface area contributed by atoms with Gasteiger partial charge < -0.3 is 64.1 Å². The lowest BCUT2D eigenvalue weighted by Gasteiger charge is -2.48. The van der Waals surface area contributed by atoms with Crippen molar-refractivity contribution in [1.82, 2.24) is 14.9 Å². The third-order valence-electron chi connectivity index (χ3n) is 20.7. The van der Waals surface area contributed by atoms with E-state index in [0.717, 1.165) is 11.1 Å². The van der Waals surface area contributed by atoms with Crippen LogP contribution in [0.2, 0.25) is 0 Å². The summed E-state index contributed by atoms with van der Waals surface area (Å²) in [6.07, 6.45) is -6.02. The summed E-state index contributed by atoms with van der Waals surface area (Å²) in [7, 11) is -5.07. The van der Waals surface area contributed by atoms with Gasteiger partial charge in [-0.05, 0) is 102 Å². The molecule has 1 saturated heterocycles. The summed E-state index contributed by atoms with van der Waals surface area (Å²) in [5.74, 6) is -7.18. The molecular weight excluding hydrogens is 1180 g/mol. The molecule has 8 bridgehead atoms. The van der Waals surface area contributed by atoms with Crippen LogP contribution in [-0.2, 0) is 51.9 Å². The molecule has 0 saturated carbocycles. The van der Waals surface area contributed by atoms with E-state index in [1.165, 1.54) is 13.3 Å². The van der Waals surface area contributed by atoms with Crippen molar-refractivity contribution in [2.75, 3.05) is 13.2 Å². The van der Waals surface area contributed by atoms with Gasteiger partial charge in [-0.25, -0.2) is 9.55 Å². The molecule has 16 N–H and O–H groups in total. The number of carbonyl (C=O) groups excluding carboxylic acids is 7. The smallest absolute Gasteiger partial charge is 0.394 e. The van der Waals surface area contributed by atoms with Gasteiger partial charge in [-0.15, -0.1) is 0 Å². The SMILES string of the molecule is CC1=C2N=C(CC3=NC(=C(C)C4=N[C@@](C)([C@@H]5N=C1[C@](C)(CCC(=O)NC[C@@H](C)OP(=O)(O)O[C@@H]1[C@@H](O)[C@@H](n6cnc7cc(C)c(C)cc76)O[C@H]1CO)[C@H]5CC(N)=O)[C@@](C)(CC(N)=O)[C@@H]4CCC(N)=O)[C@@](C)(CC(N)=O)[C@@H]3CCC(N)=O)C(C)(C)[C@@H]2CCC(N)=O. The number of allylic oxidation sites excluding steroid dienone is 4. The second-order valence-corrected chi connectivity index (χ2v) is 28.5. The van der Waals surface area contributed by atoms with Crippen LogP contribution in [0.15, 0.2) is 61.0 Å². The van der Waals surface area contributed by atoms with Crippen molar-refractivity contribution < 1.29 is 67.0 Å². The first-order valence-electron chi connectivity index (χ1n) is 30.6. The maximum absolute atomic E-state index is 14.4. The highest BCUT2D eigenvalue weighted by molar-refractivity contribution is 7.47. The third-order valence-corrected chi connectivity index (χ3v) is 21.8. The van der Waals surface area contributed by atoms with E-state index in [2.05, 4.69) is 10.3 Å². The van der Waals surface area contributed by atoms with E-state index in [9.17, 15) is 53.2 Å². The molecule has 6 aliphatic rings. The molecule has 1 unspecified atom stereocenters. The van der Waals surface area contributed by atoms with E-state index < -0.39 is 143 Å². The van der Waals surface area contributed by atoms with Crippen molar-refractivity contribution in [1.29, 1.82) is 0 Å².